The maximum Gasteiger partial charge on any atom is 0.297 e. The molecule has 0 amide bonds. The predicted octanol–water partition coefficient (Wildman–Crippen LogP) is 5.67. The van der Waals surface area contributed by atoms with Crippen LogP contribution in [-0.4, -0.2) is 29.1 Å². The molecule has 0 saturated heterocycles. The van der Waals surface area contributed by atoms with E-state index in [1.807, 2.05) is 37.3 Å². The number of aldehydes is 1. The molecule has 0 radical (unpaired) electrons. The lowest BCUT2D eigenvalue weighted by Gasteiger charge is -2.42. The van der Waals surface area contributed by atoms with Crippen LogP contribution in [0.25, 0.3) is 0 Å². The van der Waals surface area contributed by atoms with Crippen molar-refractivity contribution in [1.82, 2.24) is 0 Å². The first-order valence-corrected chi connectivity index (χ1v) is 14.8. The summed E-state index contributed by atoms with van der Waals surface area (Å²) in [5, 5.41) is -0.106. The molecular formula is C24H34O5SSi. The van der Waals surface area contributed by atoms with Gasteiger partial charge in [-0.25, -0.2) is 0 Å². The summed E-state index contributed by atoms with van der Waals surface area (Å²) >= 11 is 0. The van der Waals surface area contributed by atoms with Gasteiger partial charge in [-0.05, 0) is 42.8 Å². The minimum atomic E-state index is -4.10. The summed E-state index contributed by atoms with van der Waals surface area (Å²) in [4.78, 5) is 11.8. The molecule has 0 spiro atoms. The number of hydrogen-bond donors (Lipinski definition) is 0. The molecule has 0 unspecified atom stereocenters. The molecule has 0 aliphatic carbocycles. The Bertz CT molecular complexity index is 963. The van der Waals surface area contributed by atoms with Crippen LogP contribution in [0.5, 0.6) is 0 Å². The van der Waals surface area contributed by atoms with Gasteiger partial charge in [0.05, 0.1) is 11.0 Å². The van der Waals surface area contributed by atoms with E-state index in [4.69, 9.17) is 8.61 Å². The number of hydrogen-bond acceptors (Lipinski definition) is 5. The Hall–Kier alpha value is -1.80. The molecule has 0 aliphatic heterocycles. The van der Waals surface area contributed by atoms with Gasteiger partial charge < -0.3 is 9.22 Å². The van der Waals surface area contributed by atoms with Gasteiger partial charge in [-0.1, -0.05) is 75.7 Å². The number of carbonyl (C=O) groups excluding carboxylic acids is 1. The first-order valence-electron chi connectivity index (χ1n) is 10.5. The molecule has 0 heterocycles. The number of benzene rings is 2. The molecule has 0 N–H and O–H groups in total. The van der Waals surface area contributed by atoms with Crippen molar-refractivity contribution in [3.05, 3.63) is 65.7 Å². The van der Waals surface area contributed by atoms with Crippen LogP contribution in [0.1, 0.15) is 44.9 Å². The highest BCUT2D eigenvalue weighted by Crippen LogP contribution is 2.42. The average Bonchev–Trinajstić information content (AvgIpc) is 2.70. The van der Waals surface area contributed by atoms with Gasteiger partial charge >= 0.3 is 0 Å². The maximum atomic E-state index is 13.1. The molecule has 7 heteroatoms. The van der Waals surface area contributed by atoms with Gasteiger partial charge in [0.15, 0.2) is 8.32 Å². The monoisotopic (exact) mass is 462 g/mol. The second kappa shape index (κ2) is 9.77. The molecular weight excluding hydrogens is 428 g/mol. The molecule has 2 rings (SSSR count). The summed E-state index contributed by atoms with van der Waals surface area (Å²) in [6.07, 6.45) is -0.983. The van der Waals surface area contributed by atoms with Crippen LogP contribution in [0.2, 0.25) is 18.1 Å². The van der Waals surface area contributed by atoms with Crippen molar-refractivity contribution >= 4 is 24.7 Å². The zero-order valence-electron chi connectivity index (χ0n) is 19.5. The number of rotatable bonds is 9. The van der Waals surface area contributed by atoms with Crippen LogP contribution in [0, 0.1) is 12.8 Å². The van der Waals surface area contributed by atoms with Crippen LogP contribution < -0.4 is 0 Å². The van der Waals surface area contributed by atoms with E-state index in [1.165, 1.54) is 12.1 Å². The van der Waals surface area contributed by atoms with Crippen LogP contribution >= 0.6 is 0 Å². The quantitative estimate of drug-likeness (QED) is 0.273. The Labute approximate surface area is 188 Å². The predicted molar refractivity (Wildman–Crippen MR) is 126 cm³/mol. The third-order valence-electron chi connectivity index (χ3n) is 5.93. The van der Waals surface area contributed by atoms with Gasteiger partial charge in [0.25, 0.3) is 10.1 Å². The Morgan fingerprint density at radius 1 is 0.968 bits per heavy atom. The highest BCUT2D eigenvalue weighted by atomic mass is 32.2. The van der Waals surface area contributed by atoms with Gasteiger partial charge in [-0.15, -0.1) is 0 Å². The largest absolute Gasteiger partial charge is 0.407 e. The minimum Gasteiger partial charge on any atom is -0.407 e. The highest BCUT2D eigenvalue weighted by molar-refractivity contribution is 7.86. The molecule has 5 nitrogen and oxygen atoms in total. The van der Waals surface area contributed by atoms with Crippen LogP contribution in [0.15, 0.2) is 59.5 Å². The molecule has 0 aromatic heterocycles. The zero-order chi connectivity index (χ0) is 23.4. The zero-order valence-corrected chi connectivity index (χ0v) is 21.3. The lowest BCUT2D eigenvalue weighted by molar-refractivity contribution is -0.115. The smallest absolute Gasteiger partial charge is 0.297 e. The van der Waals surface area contributed by atoms with Crippen molar-refractivity contribution < 1.29 is 21.8 Å². The Balaban J connectivity index is 2.53. The van der Waals surface area contributed by atoms with E-state index in [1.54, 1.807) is 19.1 Å². The van der Waals surface area contributed by atoms with Gasteiger partial charge in [-0.3, -0.25) is 4.18 Å². The second-order valence-electron chi connectivity index (χ2n) is 9.53. The van der Waals surface area contributed by atoms with Crippen LogP contribution in [-0.2, 0) is 23.5 Å². The fourth-order valence-corrected chi connectivity index (χ4v) is 5.27. The fraction of sp³-hybridized carbons (Fsp3) is 0.458. The number of carbonyl (C=O) groups is 1. The van der Waals surface area contributed by atoms with E-state index in [-0.39, 0.29) is 9.93 Å². The molecule has 0 aliphatic rings. The first-order chi connectivity index (χ1) is 14.3. The van der Waals surface area contributed by atoms with Gasteiger partial charge in [0.2, 0.25) is 0 Å². The van der Waals surface area contributed by atoms with Crippen molar-refractivity contribution in [2.75, 3.05) is 0 Å². The summed E-state index contributed by atoms with van der Waals surface area (Å²) in [6.45, 7) is 14.1. The van der Waals surface area contributed by atoms with Crippen molar-refractivity contribution in [3.63, 3.8) is 0 Å². The van der Waals surface area contributed by atoms with Gasteiger partial charge in [-0.2, -0.15) is 8.42 Å². The van der Waals surface area contributed by atoms with E-state index in [0.717, 1.165) is 17.4 Å². The molecule has 31 heavy (non-hydrogen) atoms. The Kier molecular flexibility index (Phi) is 8.03. The van der Waals surface area contributed by atoms with Crippen LogP contribution in [0.4, 0.5) is 0 Å². The summed E-state index contributed by atoms with van der Waals surface area (Å²) < 4.78 is 38.6. The van der Waals surface area contributed by atoms with Gasteiger partial charge in [0.1, 0.15) is 12.4 Å². The molecule has 0 saturated carbocycles. The molecule has 0 bridgehead atoms. The normalized spacial score (nSPS) is 15.8. The Morgan fingerprint density at radius 2 is 1.52 bits per heavy atom. The lowest BCUT2D eigenvalue weighted by atomic mass is 9.96. The third kappa shape index (κ3) is 6.35. The van der Waals surface area contributed by atoms with Crippen LogP contribution in [0.3, 0.4) is 0 Å². The SMILES string of the molecule is Cc1ccc(S(=O)(=O)O[C@@H]([C@H](C)C=O)[C@H](O[Si](C)(C)C(C)(C)C)c2ccccc2)cc1. The summed E-state index contributed by atoms with van der Waals surface area (Å²) in [5.74, 6) is -0.699. The van der Waals surface area contributed by atoms with E-state index in [0.29, 0.717) is 0 Å². The van der Waals surface area contributed by atoms with Crippen molar-refractivity contribution in [2.45, 2.75) is 69.9 Å². The molecule has 2 aromatic rings. The fourth-order valence-electron chi connectivity index (χ4n) is 2.86. The van der Waals surface area contributed by atoms with E-state index < -0.39 is 36.6 Å². The maximum absolute atomic E-state index is 13.1. The van der Waals surface area contributed by atoms with Crippen molar-refractivity contribution in [1.29, 1.82) is 0 Å². The summed E-state index contributed by atoms with van der Waals surface area (Å²) in [6, 6.07) is 15.8. The third-order valence-corrected chi connectivity index (χ3v) is 11.7. The van der Waals surface area contributed by atoms with E-state index in [2.05, 4.69) is 33.9 Å². The standard InChI is InChI=1S/C24H34O5SSi/c1-18-13-15-21(16-14-18)30(26,27)28-22(19(2)17-25)23(20-11-9-8-10-12-20)29-31(6,7)24(3,4)5/h8-17,19,22-23H,1-7H3/t19-,22+,23-/m1/s1. The van der Waals surface area contributed by atoms with E-state index in [9.17, 15) is 13.2 Å². The summed E-state index contributed by atoms with van der Waals surface area (Å²) in [7, 11) is -6.42. The second-order valence-corrected chi connectivity index (χ2v) is 15.9. The molecule has 2 aromatic carbocycles. The number of aryl methyl sites for hydroxylation is 1. The summed E-state index contributed by atoms with van der Waals surface area (Å²) in [5.41, 5.74) is 1.73. The molecule has 170 valence electrons. The topological polar surface area (TPSA) is 69.7 Å². The average molecular weight is 463 g/mol. The molecule has 3 atom stereocenters. The van der Waals surface area contributed by atoms with E-state index >= 15 is 0 Å². The minimum absolute atomic E-state index is 0.0559. The first kappa shape index (κ1) is 25.5. The van der Waals surface area contributed by atoms with Gasteiger partial charge in [0, 0.05) is 5.92 Å². The van der Waals surface area contributed by atoms with Crippen molar-refractivity contribution in [3.8, 4) is 0 Å². The highest BCUT2D eigenvalue weighted by Gasteiger charge is 2.43. The van der Waals surface area contributed by atoms with Crippen molar-refractivity contribution in [2.24, 2.45) is 5.92 Å². The Morgan fingerprint density at radius 3 is 2.00 bits per heavy atom. The lowest BCUT2D eigenvalue weighted by Crippen LogP contribution is -2.46. The molecule has 0 fully saturated rings.